The second kappa shape index (κ2) is 6.15. The highest BCUT2D eigenvalue weighted by Gasteiger charge is 2.33. The van der Waals surface area contributed by atoms with E-state index in [0.717, 1.165) is 19.3 Å². The van der Waals surface area contributed by atoms with Crippen LogP contribution in [0.1, 0.15) is 61.4 Å². The molecule has 5 nitrogen and oxygen atoms in total. The fourth-order valence-electron chi connectivity index (χ4n) is 3.37. The zero-order chi connectivity index (χ0) is 16.5. The fraction of sp³-hybridized carbons (Fsp3) is 0.647. The highest BCUT2D eigenvalue weighted by molar-refractivity contribution is 5.88. The number of carbonyl (C=O) groups is 2. The third-order valence-corrected chi connectivity index (χ3v) is 4.52. The highest BCUT2D eigenvalue weighted by atomic mass is 16.4. The summed E-state index contributed by atoms with van der Waals surface area (Å²) < 4.78 is 5.45. The van der Waals surface area contributed by atoms with E-state index in [2.05, 4.69) is 13.8 Å². The van der Waals surface area contributed by atoms with E-state index in [9.17, 15) is 9.59 Å². The van der Waals surface area contributed by atoms with Crippen LogP contribution in [0.3, 0.4) is 0 Å². The molecule has 0 radical (unpaired) electrons. The van der Waals surface area contributed by atoms with Gasteiger partial charge < -0.3 is 14.4 Å². The zero-order valence-corrected chi connectivity index (χ0v) is 13.8. The average molecular weight is 307 g/mol. The number of hydrogen-bond donors (Lipinski definition) is 1. The van der Waals surface area contributed by atoms with Crippen molar-refractivity contribution in [3.63, 3.8) is 0 Å². The van der Waals surface area contributed by atoms with Gasteiger partial charge in [0.25, 0.3) is 0 Å². The third kappa shape index (κ3) is 3.70. The molecule has 5 heteroatoms. The van der Waals surface area contributed by atoms with Crippen molar-refractivity contribution >= 4 is 11.9 Å². The standard InChI is InChI=1S/C17H25NO4/c1-11-14(16(20)21)8-13(22-11)10-18(4)15(19)12-6-5-7-17(2,3)9-12/h8,12H,5-7,9-10H2,1-4H3,(H,20,21). The Labute approximate surface area is 131 Å². The number of carboxylic acids is 1. The summed E-state index contributed by atoms with van der Waals surface area (Å²) in [6.45, 7) is 6.35. The van der Waals surface area contributed by atoms with Gasteiger partial charge in [0.05, 0.1) is 6.54 Å². The van der Waals surface area contributed by atoms with Crippen molar-refractivity contribution in [1.29, 1.82) is 0 Å². The quantitative estimate of drug-likeness (QED) is 0.924. The van der Waals surface area contributed by atoms with Gasteiger partial charge in [-0.2, -0.15) is 0 Å². The number of aryl methyl sites for hydroxylation is 1. The van der Waals surface area contributed by atoms with Crippen molar-refractivity contribution in [3.8, 4) is 0 Å². The number of furan rings is 1. The first-order chi connectivity index (χ1) is 10.2. The molecule has 1 N–H and O–H groups in total. The van der Waals surface area contributed by atoms with Crippen LogP contribution in [-0.2, 0) is 11.3 Å². The van der Waals surface area contributed by atoms with Gasteiger partial charge in [0.1, 0.15) is 17.1 Å². The van der Waals surface area contributed by atoms with Gasteiger partial charge in [-0.15, -0.1) is 0 Å². The van der Waals surface area contributed by atoms with Crippen LogP contribution < -0.4 is 0 Å². The maximum absolute atomic E-state index is 12.6. The van der Waals surface area contributed by atoms with E-state index >= 15 is 0 Å². The van der Waals surface area contributed by atoms with Crippen LogP contribution in [0.15, 0.2) is 10.5 Å². The molecule has 1 aliphatic carbocycles. The van der Waals surface area contributed by atoms with Crippen LogP contribution in [0.4, 0.5) is 0 Å². The maximum Gasteiger partial charge on any atom is 0.339 e. The molecule has 1 aromatic rings. The molecule has 22 heavy (non-hydrogen) atoms. The van der Waals surface area contributed by atoms with E-state index in [0.29, 0.717) is 18.1 Å². The van der Waals surface area contributed by atoms with Crippen molar-refractivity contribution in [2.75, 3.05) is 7.05 Å². The summed E-state index contributed by atoms with van der Waals surface area (Å²) >= 11 is 0. The van der Waals surface area contributed by atoms with Gasteiger partial charge in [0.2, 0.25) is 5.91 Å². The first-order valence-corrected chi connectivity index (χ1v) is 7.77. The Hall–Kier alpha value is -1.78. The number of nitrogens with zero attached hydrogens (tertiary/aromatic N) is 1. The van der Waals surface area contributed by atoms with E-state index < -0.39 is 5.97 Å². The number of carboxylic acid groups (broad SMARTS) is 1. The fourth-order valence-corrected chi connectivity index (χ4v) is 3.37. The molecule has 0 spiro atoms. The smallest absolute Gasteiger partial charge is 0.339 e. The van der Waals surface area contributed by atoms with E-state index in [-0.39, 0.29) is 22.8 Å². The maximum atomic E-state index is 12.6. The molecular weight excluding hydrogens is 282 g/mol. The molecule has 0 saturated heterocycles. The van der Waals surface area contributed by atoms with Gasteiger partial charge in [-0.1, -0.05) is 20.3 Å². The molecule has 1 fully saturated rings. The number of hydrogen-bond acceptors (Lipinski definition) is 3. The number of rotatable bonds is 4. The van der Waals surface area contributed by atoms with Crippen molar-refractivity contribution in [1.82, 2.24) is 4.90 Å². The number of amides is 1. The normalized spacial score (nSPS) is 20.6. The molecule has 0 bridgehead atoms. The Morgan fingerprint density at radius 2 is 2.14 bits per heavy atom. The van der Waals surface area contributed by atoms with Gasteiger partial charge in [0, 0.05) is 13.0 Å². The van der Waals surface area contributed by atoms with Crippen molar-refractivity contribution in [2.24, 2.45) is 11.3 Å². The minimum absolute atomic E-state index is 0.0590. The number of aromatic carboxylic acids is 1. The third-order valence-electron chi connectivity index (χ3n) is 4.52. The molecule has 2 rings (SSSR count). The summed E-state index contributed by atoms with van der Waals surface area (Å²) in [5.41, 5.74) is 0.381. The number of carbonyl (C=O) groups excluding carboxylic acids is 1. The molecule has 122 valence electrons. The molecule has 1 amide bonds. The van der Waals surface area contributed by atoms with Crippen LogP contribution >= 0.6 is 0 Å². The highest BCUT2D eigenvalue weighted by Crippen LogP contribution is 2.39. The molecule has 1 unspecified atom stereocenters. The molecule has 1 saturated carbocycles. The second-order valence-electron chi connectivity index (χ2n) is 7.14. The van der Waals surface area contributed by atoms with Gasteiger partial charge in [-0.05, 0) is 37.7 Å². The van der Waals surface area contributed by atoms with Gasteiger partial charge in [0.15, 0.2) is 0 Å². The lowest BCUT2D eigenvalue weighted by molar-refractivity contribution is -0.137. The van der Waals surface area contributed by atoms with E-state index in [1.807, 2.05) is 0 Å². The summed E-state index contributed by atoms with van der Waals surface area (Å²) in [4.78, 5) is 25.3. The van der Waals surface area contributed by atoms with Crippen molar-refractivity contribution < 1.29 is 19.1 Å². The summed E-state index contributed by atoms with van der Waals surface area (Å²) in [7, 11) is 1.75. The summed E-state index contributed by atoms with van der Waals surface area (Å²) in [6, 6.07) is 1.51. The lowest BCUT2D eigenvalue weighted by Crippen LogP contribution is -2.37. The molecule has 1 heterocycles. The summed E-state index contributed by atoms with van der Waals surface area (Å²) in [5.74, 6) is 0.0703. The monoisotopic (exact) mass is 307 g/mol. The molecule has 0 aromatic carbocycles. The first-order valence-electron chi connectivity index (χ1n) is 7.77. The van der Waals surface area contributed by atoms with Crippen LogP contribution in [0.25, 0.3) is 0 Å². The molecule has 0 aliphatic heterocycles. The Kier molecular flexibility index (Phi) is 4.63. The van der Waals surface area contributed by atoms with Gasteiger partial charge in [-0.25, -0.2) is 4.79 Å². The van der Waals surface area contributed by atoms with E-state index in [1.165, 1.54) is 12.5 Å². The Morgan fingerprint density at radius 3 is 2.68 bits per heavy atom. The predicted molar refractivity (Wildman–Crippen MR) is 82.6 cm³/mol. The van der Waals surface area contributed by atoms with Gasteiger partial charge in [-0.3, -0.25) is 4.79 Å². The van der Waals surface area contributed by atoms with E-state index in [1.54, 1.807) is 18.9 Å². The predicted octanol–water partition coefficient (Wildman–Crippen LogP) is 3.46. The summed E-state index contributed by atoms with van der Waals surface area (Å²) in [6.07, 6.45) is 4.10. The molecule has 1 aromatic heterocycles. The minimum atomic E-state index is -1.00. The minimum Gasteiger partial charge on any atom is -0.478 e. The SMILES string of the molecule is Cc1oc(CN(C)C(=O)C2CCCC(C)(C)C2)cc1C(=O)O. The summed E-state index contributed by atoms with van der Waals surface area (Å²) in [5, 5.41) is 9.04. The van der Waals surface area contributed by atoms with Crippen molar-refractivity contribution in [3.05, 3.63) is 23.2 Å². The lowest BCUT2D eigenvalue weighted by Gasteiger charge is -2.36. The molecular formula is C17H25NO4. The van der Waals surface area contributed by atoms with Crippen LogP contribution in [0, 0.1) is 18.3 Å². The lowest BCUT2D eigenvalue weighted by atomic mass is 9.72. The second-order valence-corrected chi connectivity index (χ2v) is 7.14. The van der Waals surface area contributed by atoms with Crippen LogP contribution in [0.5, 0.6) is 0 Å². The first kappa shape index (κ1) is 16.6. The zero-order valence-electron chi connectivity index (χ0n) is 13.8. The Morgan fingerprint density at radius 1 is 1.45 bits per heavy atom. The van der Waals surface area contributed by atoms with Crippen LogP contribution in [-0.4, -0.2) is 28.9 Å². The Balaban J connectivity index is 2.02. The largest absolute Gasteiger partial charge is 0.478 e. The van der Waals surface area contributed by atoms with E-state index in [4.69, 9.17) is 9.52 Å². The average Bonchev–Trinajstić information content (AvgIpc) is 2.77. The van der Waals surface area contributed by atoms with Crippen molar-refractivity contribution in [2.45, 2.75) is 53.0 Å². The Bertz CT molecular complexity index is 573. The van der Waals surface area contributed by atoms with Crippen LogP contribution in [0.2, 0.25) is 0 Å². The topological polar surface area (TPSA) is 70.8 Å². The van der Waals surface area contributed by atoms with Gasteiger partial charge >= 0.3 is 5.97 Å². The molecule has 1 aliphatic rings. The molecule has 1 atom stereocenters.